The van der Waals surface area contributed by atoms with Crippen LogP contribution < -0.4 is 25.4 Å². The van der Waals surface area contributed by atoms with Gasteiger partial charge in [-0.05, 0) is 45.4 Å². The van der Waals surface area contributed by atoms with Gasteiger partial charge in [0.05, 0.1) is 14.2 Å². The molecule has 1 aliphatic rings. The zero-order valence-electron chi connectivity index (χ0n) is 16.7. The molecule has 144 valence electrons. The standard InChI is InChI=1S/C20H31N3O3/c1-19(2)12-15(20(3,4)23-19)18(24)22-10-9-21-13-14-7-8-16(25-5)17(11-14)26-6/h7-8,11-12,21,23H,9-10,13H2,1-6H3,(H,22,24). The fraction of sp³-hybridized carbons (Fsp3) is 0.550. The first kappa shape index (κ1) is 20.3. The van der Waals surface area contributed by atoms with E-state index in [2.05, 4.69) is 29.8 Å². The minimum absolute atomic E-state index is 0.0130. The zero-order valence-corrected chi connectivity index (χ0v) is 16.7. The van der Waals surface area contributed by atoms with Crippen LogP contribution in [0.15, 0.2) is 29.8 Å². The Bertz CT molecular complexity index is 681. The number of methoxy groups -OCH3 is 2. The van der Waals surface area contributed by atoms with Crippen molar-refractivity contribution in [2.75, 3.05) is 27.3 Å². The van der Waals surface area contributed by atoms with E-state index in [1.165, 1.54) is 0 Å². The van der Waals surface area contributed by atoms with Crippen molar-refractivity contribution in [3.63, 3.8) is 0 Å². The van der Waals surface area contributed by atoms with Gasteiger partial charge in [-0.15, -0.1) is 0 Å². The van der Waals surface area contributed by atoms with Crippen LogP contribution in [0.1, 0.15) is 33.3 Å². The molecule has 6 nitrogen and oxygen atoms in total. The summed E-state index contributed by atoms with van der Waals surface area (Å²) in [6.45, 7) is 10.1. The Kier molecular flexibility index (Phi) is 6.31. The molecule has 1 aromatic carbocycles. The van der Waals surface area contributed by atoms with Crippen LogP contribution in [0.5, 0.6) is 11.5 Å². The molecule has 6 heteroatoms. The summed E-state index contributed by atoms with van der Waals surface area (Å²) in [6, 6.07) is 5.83. The monoisotopic (exact) mass is 361 g/mol. The number of nitrogens with one attached hydrogen (secondary N) is 3. The lowest BCUT2D eigenvalue weighted by atomic mass is 9.96. The molecule has 0 unspecified atom stereocenters. The average molecular weight is 361 g/mol. The van der Waals surface area contributed by atoms with Gasteiger partial charge >= 0.3 is 0 Å². The molecule has 0 fully saturated rings. The third-order valence-electron chi connectivity index (χ3n) is 4.42. The molecule has 0 saturated carbocycles. The summed E-state index contributed by atoms with van der Waals surface area (Å²) in [7, 11) is 3.25. The van der Waals surface area contributed by atoms with Crippen LogP contribution in [0.2, 0.25) is 0 Å². The maximum absolute atomic E-state index is 12.5. The largest absolute Gasteiger partial charge is 0.493 e. The van der Waals surface area contributed by atoms with Crippen molar-refractivity contribution in [2.24, 2.45) is 0 Å². The van der Waals surface area contributed by atoms with Crippen molar-refractivity contribution < 1.29 is 14.3 Å². The first-order valence-corrected chi connectivity index (χ1v) is 8.91. The van der Waals surface area contributed by atoms with Gasteiger partial charge in [0.15, 0.2) is 11.5 Å². The van der Waals surface area contributed by atoms with E-state index in [1.54, 1.807) is 14.2 Å². The van der Waals surface area contributed by atoms with E-state index >= 15 is 0 Å². The first-order chi connectivity index (χ1) is 12.2. The highest BCUT2D eigenvalue weighted by Crippen LogP contribution is 2.29. The summed E-state index contributed by atoms with van der Waals surface area (Å²) in [5.74, 6) is 1.42. The second-order valence-corrected chi connectivity index (χ2v) is 7.65. The number of ether oxygens (including phenoxy) is 2. The summed E-state index contributed by atoms with van der Waals surface area (Å²) >= 11 is 0. The van der Waals surface area contributed by atoms with Gasteiger partial charge in [-0.1, -0.05) is 12.1 Å². The second-order valence-electron chi connectivity index (χ2n) is 7.65. The Labute approximate surface area is 156 Å². The smallest absolute Gasteiger partial charge is 0.248 e. The average Bonchev–Trinajstić information content (AvgIpc) is 2.81. The Balaban J connectivity index is 1.78. The van der Waals surface area contributed by atoms with Gasteiger partial charge in [-0.25, -0.2) is 0 Å². The molecule has 3 N–H and O–H groups in total. The van der Waals surface area contributed by atoms with Gasteiger partial charge in [-0.2, -0.15) is 0 Å². The lowest BCUT2D eigenvalue weighted by Crippen LogP contribution is -2.48. The highest BCUT2D eigenvalue weighted by Gasteiger charge is 2.39. The van der Waals surface area contributed by atoms with Gasteiger partial charge in [0, 0.05) is 36.3 Å². The van der Waals surface area contributed by atoms with Crippen LogP contribution in [0.25, 0.3) is 0 Å². The van der Waals surface area contributed by atoms with Crippen LogP contribution in [0.3, 0.4) is 0 Å². The lowest BCUT2D eigenvalue weighted by molar-refractivity contribution is -0.118. The first-order valence-electron chi connectivity index (χ1n) is 8.91. The molecule has 2 rings (SSSR count). The summed E-state index contributed by atoms with van der Waals surface area (Å²) in [4.78, 5) is 12.5. The van der Waals surface area contributed by atoms with Crippen molar-refractivity contribution in [3.8, 4) is 11.5 Å². The molecular weight excluding hydrogens is 330 g/mol. The van der Waals surface area contributed by atoms with Gasteiger partial charge in [0.25, 0.3) is 0 Å². The SMILES string of the molecule is COc1ccc(CNCCNC(=O)C2=CC(C)(C)NC2(C)C)cc1OC. The molecule has 1 aliphatic heterocycles. The molecule has 0 aromatic heterocycles. The van der Waals surface area contributed by atoms with Crippen LogP contribution in [0.4, 0.5) is 0 Å². The number of hydrogen-bond acceptors (Lipinski definition) is 5. The molecule has 0 atom stereocenters. The van der Waals surface area contributed by atoms with E-state index < -0.39 is 0 Å². The fourth-order valence-electron chi connectivity index (χ4n) is 3.38. The minimum atomic E-state index is -0.319. The van der Waals surface area contributed by atoms with E-state index in [4.69, 9.17) is 9.47 Å². The number of rotatable bonds is 8. The molecule has 1 amide bonds. The summed E-state index contributed by atoms with van der Waals surface area (Å²) in [6.07, 6.45) is 2.01. The third kappa shape index (κ3) is 4.99. The molecule has 0 bridgehead atoms. The van der Waals surface area contributed by atoms with Crippen molar-refractivity contribution in [3.05, 3.63) is 35.4 Å². The molecule has 0 radical (unpaired) electrons. The molecule has 26 heavy (non-hydrogen) atoms. The van der Waals surface area contributed by atoms with Gasteiger partial charge in [-0.3, -0.25) is 10.1 Å². The van der Waals surface area contributed by atoms with Crippen LogP contribution in [-0.2, 0) is 11.3 Å². The summed E-state index contributed by atoms with van der Waals surface area (Å²) in [5.41, 5.74) is 1.41. The molecule has 0 saturated heterocycles. The summed E-state index contributed by atoms with van der Waals surface area (Å²) < 4.78 is 10.5. The maximum atomic E-state index is 12.5. The van der Waals surface area contributed by atoms with Crippen molar-refractivity contribution in [1.29, 1.82) is 0 Å². The zero-order chi connectivity index (χ0) is 19.4. The highest BCUT2D eigenvalue weighted by molar-refractivity contribution is 5.96. The van der Waals surface area contributed by atoms with Crippen molar-refractivity contribution in [1.82, 2.24) is 16.0 Å². The van der Waals surface area contributed by atoms with Gasteiger partial charge < -0.3 is 20.1 Å². The van der Waals surface area contributed by atoms with Crippen molar-refractivity contribution in [2.45, 2.75) is 45.3 Å². The van der Waals surface area contributed by atoms with Crippen LogP contribution in [0, 0.1) is 0 Å². The maximum Gasteiger partial charge on any atom is 0.248 e. The number of carbonyl (C=O) groups excluding carboxylic acids is 1. The van der Waals surface area contributed by atoms with E-state index in [-0.39, 0.29) is 17.0 Å². The topological polar surface area (TPSA) is 71.6 Å². The Morgan fingerprint density at radius 1 is 1.08 bits per heavy atom. The van der Waals surface area contributed by atoms with Gasteiger partial charge in [0.2, 0.25) is 5.91 Å². The number of benzene rings is 1. The molecule has 1 heterocycles. The predicted molar refractivity (Wildman–Crippen MR) is 104 cm³/mol. The normalized spacial score (nSPS) is 17.5. The van der Waals surface area contributed by atoms with E-state index in [1.807, 2.05) is 38.1 Å². The predicted octanol–water partition coefficient (Wildman–Crippen LogP) is 2.00. The van der Waals surface area contributed by atoms with Gasteiger partial charge in [0.1, 0.15) is 0 Å². The number of hydrogen-bond donors (Lipinski definition) is 3. The van der Waals surface area contributed by atoms with Crippen LogP contribution in [-0.4, -0.2) is 44.3 Å². The molecule has 0 aliphatic carbocycles. The highest BCUT2D eigenvalue weighted by atomic mass is 16.5. The Morgan fingerprint density at radius 2 is 1.77 bits per heavy atom. The second kappa shape index (κ2) is 8.10. The molecule has 1 aromatic rings. The van der Waals surface area contributed by atoms with Crippen LogP contribution >= 0.6 is 0 Å². The Morgan fingerprint density at radius 3 is 2.35 bits per heavy atom. The van der Waals surface area contributed by atoms with Crippen molar-refractivity contribution >= 4 is 5.91 Å². The fourth-order valence-corrected chi connectivity index (χ4v) is 3.38. The van der Waals surface area contributed by atoms with E-state index in [9.17, 15) is 4.79 Å². The van der Waals surface area contributed by atoms with E-state index in [0.29, 0.717) is 31.1 Å². The Hall–Kier alpha value is -2.05. The number of carbonyl (C=O) groups is 1. The molecular formula is C20H31N3O3. The quantitative estimate of drug-likeness (QED) is 0.618. The lowest BCUT2D eigenvalue weighted by Gasteiger charge is -2.27. The summed E-state index contributed by atoms with van der Waals surface area (Å²) in [5, 5.41) is 9.77. The minimum Gasteiger partial charge on any atom is -0.493 e. The number of amides is 1. The third-order valence-corrected chi connectivity index (χ3v) is 4.42. The van der Waals surface area contributed by atoms with E-state index in [0.717, 1.165) is 11.1 Å². The molecule has 0 spiro atoms.